The standard InChI is InChI=1S/C15H20O/c1-14(8-9-14)15(2,16)13-10-12(13)11-6-4-3-5-7-11/h3-7,12-13,16H,8-10H2,1-2H3. The van der Waals surface area contributed by atoms with Gasteiger partial charge in [-0.1, -0.05) is 37.3 Å². The lowest BCUT2D eigenvalue weighted by Crippen LogP contribution is -2.37. The smallest absolute Gasteiger partial charge is 0.0707 e. The predicted octanol–water partition coefficient (Wildman–Crippen LogP) is 3.34. The Kier molecular flexibility index (Phi) is 2.00. The van der Waals surface area contributed by atoms with Crippen LogP contribution in [-0.4, -0.2) is 10.7 Å². The lowest BCUT2D eigenvalue weighted by atomic mass is 9.81. The number of hydrogen-bond acceptors (Lipinski definition) is 1. The molecule has 3 unspecified atom stereocenters. The molecule has 0 amide bonds. The number of rotatable bonds is 3. The summed E-state index contributed by atoms with van der Waals surface area (Å²) in [5.74, 6) is 1.07. The third-order valence-electron chi connectivity index (χ3n) is 4.96. The molecular formula is C15H20O. The van der Waals surface area contributed by atoms with Gasteiger partial charge in [-0.25, -0.2) is 0 Å². The van der Waals surface area contributed by atoms with Gasteiger partial charge in [0.1, 0.15) is 0 Å². The van der Waals surface area contributed by atoms with Crippen LogP contribution in [0.4, 0.5) is 0 Å². The minimum absolute atomic E-state index is 0.196. The van der Waals surface area contributed by atoms with Crippen LogP contribution in [0.15, 0.2) is 30.3 Å². The number of hydrogen-bond donors (Lipinski definition) is 1. The zero-order valence-corrected chi connectivity index (χ0v) is 10.1. The van der Waals surface area contributed by atoms with E-state index in [2.05, 4.69) is 37.3 Å². The predicted molar refractivity (Wildman–Crippen MR) is 65.3 cm³/mol. The molecule has 3 atom stereocenters. The van der Waals surface area contributed by atoms with Crippen molar-refractivity contribution in [3.05, 3.63) is 35.9 Å². The van der Waals surface area contributed by atoms with Gasteiger partial charge in [0, 0.05) is 0 Å². The third kappa shape index (κ3) is 1.41. The normalized spacial score (nSPS) is 34.2. The van der Waals surface area contributed by atoms with Gasteiger partial charge in [0.2, 0.25) is 0 Å². The van der Waals surface area contributed by atoms with Crippen LogP contribution in [0.1, 0.15) is 44.6 Å². The van der Waals surface area contributed by atoms with Crippen molar-refractivity contribution < 1.29 is 5.11 Å². The average Bonchev–Trinajstić information content (AvgIpc) is 3.12. The van der Waals surface area contributed by atoms with Gasteiger partial charge in [0.05, 0.1) is 5.60 Å². The van der Waals surface area contributed by atoms with Crippen LogP contribution in [-0.2, 0) is 0 Å². The lowest BCUT2D eigenvalue weighted by molar-refractivity contribution is -0.0301. The molecule has 1 N–H and O–H groups in total. The van der Waals surface area contributed by atoms with E-state index in [1.54, 1.807) is 0 Å². The van der Waals surface area contributed by atoms with Crippen LogP contribution in [0, 0.1) is 11.3 Å². The first kappa shape index (κ1) is 10.3. The molecular weight excluding hydrogens is 196 g/mol. The summed E-state index contributed by atoms with van der Waals surface area (Å²) in [6.07, 6.45) is 3.54. The maximum Gasteiger partial charge on any atom is 0.0707 e. The number of benzene rings is 1. The van der Waals surface area contributed by atoms with E-state index in [0.717, 1.165) is 6.42 Å². The number of aliphatic hydroxyl groups is 1. The summed E-state index contributed by atoms with van der Waals surface area (Å²) in [5, 5.41) is 10.7. The molecule has 1 aromatic rings. The van der Waals surface area contributed by atoms with Gasteiger partial charge in [-0.3, -0.25) is 0 Å². The second-order valence-corrected chi connectivity index (χ2v) is 6.07. The molecule has 0 saturated heterocycles. The molecule has 0 aromatic heterocycles. The summed E-state index contributed by atoms with van der Waals surface area (Å²) in [4.78, 5) is 0. The van der Waals surface area contributed by atoms with Crippen LogP contribution in [0.3, 0.4) is 0 Å². The van der Waals surface area contributed by atoms with Crippen molar-refractivity contribution >= 4 is 0 Å². The van der Waals surface area contributed by atoms with Crippen molar-refractivity contribution in [2.24, 2.45) is 11.3 Å². The van der Waals surface area contributed by atoms with Crippen LogP contribution in [0.2, 0.25) is 0 Å². The summed E-state index contributed by atoms with van der Waals surface area (Å²) >= 11 is 0. The average molecular weight is 216 g/mol. The van der Waals surface area contributed by atoms with Crippen molar-refractivity contribution in [3.63, 3.8) is 0 Å². The Morgan fingerprint density at radius 2 is 1.88 bits per heavy atom. The minimum atomic E-state index is -0.465. The van der Waals surface area contributed by atoms with Gasteiger partial charge in [-0.15, -0.1) is 0 Å². The molecule has 2 fully saturated rings. The van der Waals surface area contributed by atoms with Gasteiger partial charge in [0.15, 0.2) is 0 Å². The van der Waals surface area contributed by atoms with Crippen LogP contribution in [0.25, 0.3) is 0 Å². The molecule has 0 radical (unpaired) electrons. The first-order chi connectivity index (χ1) is 7.55. The zero-order chi connectivity index (χ0) is 11.4. The van der Waals surface area contributed by atoms with E-state index in [0.29, 0.717) is 11.8 Å². The van der Waals surface area contributed by atoms with Gasteiger partial charge >= 0.3 is 0 Å². The monoisotopic (exact) mass is 216 g/mol. The highest BCUT2D eigenvalue weighted by atomic mass is 16.3. The molecule has 16 heavy (non-hydrogen) atoms. The van der Waals surface area contributed by atoms with Crippen molar-refractivity contribution in [1.82, 2.24) is 0 Å². The highest BCUT2D eigenvalue weighted by molar-refractivity contribution is 5.29. The van der Waals surface area contributed by atoms with E-state index in [4.69, 9.17) is 0 Å². The second-order valence-electron chi connectivity index (χ2n) is 6.07. The molecule has 1 aromatic carbocycles. The van der Waals surface area contributed by atoms with E-state index in [9.17, 15) is 5.11 Å². The van der Waals surface area contributed by atoms with Crippen molar-refractivity contribution in [2.75, 3.05) is 0 Å². The minimum Gasteiger partial charge on any atom is -0.389 e. The fraction of sp³-hybridized carbons (Fsp3) is 0.600. The molecule has 3 rings (SSSR count). The second kappa shape index (κ2) is 3.10. The van der Waals surface area contributed by atoms with Gasteiger partial charge in [-0.2, -0.15) is 0 Å². The highest BCUT2D eigenvalue weighted by Gasteiger charge is 2.62. The van der Waals surface area contributed by atoms with Crippen molar-refractivity contribution in [2.45, 2.75) is 44.6 Å². The van der Waals surface area contributed by atoms with Gasteiger partial charge < -0.3 is 5.11 Å². The summed E-state index contributed by atoms with van der Waals surface area (Å²) in [6.45, 7) is 4.28. The van der Waals surface area contributed by atoms with E-state index in [-0.39, 0.29) is 5.41 Å². The first-order valence-electron chi connectivity index (χ1n) is 6.32. The van der Waals surface area contributed by atoms with E-state index in [1.807, 2.05) is 6.92 Å². The summed E-state index contributed by atoms with van der Waals surface area (Å²) in [7, 11) is 0. The van der Waals surface area contributed by atoms with Gasteiger partial charge in [-0.05, 0) is 49.0 Å². The molecule has 0 spiro atoms. The quantitative estimate of drug-likeness (QED) is 0.821. The molecule has 0 bridgehead atoms. The molecule has 1 heteroatoms. The fourth-order valence-electron chi connectivity index (χ4n) is 3.03. The maximum atomic E-state index is 10.7. The van der Waals surface area contributed by atoms with Crippen LogP contribution in [0.5, 0.6) is 0 Å². The van der Waals surface area contributed by atoms with E-state index < -0.39 is 5.60 Å². The lowest BCUT2D eigenvalue weighted by Gasteiger charge is -2.31. The highest BCUT2D eigenvalue weighted by Crippen LogP contribution is 2.65. The molecule has 2 aliphatic carbocycles. The molecule has 0 heterocycles. The topological polar surface area (TPSA) is 20.2 Å². The van der Waals surface area contributed by atoms with Crippen molar-refractivity contribution in [3.8, 4) is 0 Å². The van der Waals surface area contributed by atoms with Crippen molar-refractivity contribution in [1.29, 1.82) is 0 Å². The molecule has 0 aliphatic heterocycles. The summed E-state index contributed by atoms with van der Waals surface area (Å²) in [6, 6.07) is 10.6. The molecule has 1 nitrogen and oxygen atoms in total. The fourth-order valence-corrected chi connectivity index (χ4v) is 3.03. The first-order valence-corrected chi connectivity index (χ1v) is 6.32. The summed E-state index contributed by atoms with van der Waals surface area (Å²) < 4.78 is 0. The van der Waals surface area contributed by atoms with Crippen LogP contribution >= 0.6 is 0 Å². The third-order valence-corrected chi connectivity index (χ3v) is 4.96. The molecule has 86 valence electrons. The largest absolute Gasteiger partial charge is 0.389 e. The van der Waals surface area contributed by atoms with E-state index >= 15 is 0 Å². The summed E-state index contributed by atoms with van der Waals surface area (Å²) in [5.41, 5.74) is 1.13. The zero-order valence-electron chi connectivity index (χ0n) is 10.1. The van der Waals surface area contributed by atoms with E-state index in [1.165, 1.54) is 18.4 Å². The Morgan fingerprint density at radius 1 is 1.25 bits per heavy atom. The maximum absolute atomic E-state index is 10.7. The Hall–Kier alpha value is -0.820. The Bertz CT molecular complexity index is 389. The van der Waals surface area contributed by atoms with Crippen LogP contribution < -0.4 is 0 Å². The van der Waals surface area contributed by atoms with Gasteiger partial charge in [0.25, 0.3) is 0 Å². The molecule has 2 saturated carbocycles. The Morgan fingerprint density at radius 3 is 2.44 bits per heavy atom. The Labute approximate surface area is 97.5 Å². The Balaban J connectivity index is 1.77. The molecule has 2 aliphatic rings. The SMILES string of the molecule is CC1(C(C)(O)C2CC2c2ccccc2)CC1.